The van der Waals surface area contributed by atoms with Crippen LogP contribution in [0.25, 0.3) is 0 Å². The first-order valence-corrected chi connectivity index (χ1v) is 5.56. The molecule has 0 aromatic rings. The molecule has 0 unspecified atom stereocenters. The van der Waals surface area contributed by atoms with E-state index in [1.807, 2.05) is 0 Å². The molecule has 0 radical (unpaired) electrons. The molecule has 0 saturated heterocycles. The summed E-state index contributed by atoms with van der Waals surface area (Å²) in [5, 5.41) is 0. The Bertz CT molecular complexity index is 215. The molecule has 0 atom stereocenters. The molecule has 0 N–H and O–H groups in total. The van der Waals surface area contributed by atoms with E-state index in [9.17, 15) is 12.8 Å². The van der Waals surface area contributed by atoms with E-state index in [1.165, 1.54) is 13.8 Å². The predicted octanol–water partition coefficient (Wildman–Crippen LogP) is 1.49. The van der Waals surface area contributed by atoms with Crippen molar-refractivity contribution in [2.24, 2.45) is 0 Å². The van der Waals surface area contributed by atoms with Crippen molar-refractivity contribution >= 4 is 10.1 Å². The Balaban J connectivity index is 3.48. The van der Waals surface area contributed by atoms with Crippen LogP contribution >= 0.6 is 0 Å². The Kier molecular flexibility index (Phi) is 4.13. The van der Waals surface area contributed by atoms with Crippen molar-refractivity contribution in [2.75, 3.05) is 12.9 Å². The zero-order valence-corrected chi connectivity index (χ0v) is 8.45. The second-order valence-corrected chi connectivity index (χ2v) is 4.99. The van der Waals surface area contributed by atoms with Crippen LogP contribution < -0.4 is 0 Å². The predicted molar refractivity (Wildman–Crippen MR) is 45.2 cm³/mol. The van der Waals surface area contributed by atoms with Crippen LogP contribution in [0.5, 0.6) is 0 Å². The maximum atomic E-state index is 12.8. The quantitative estimate of drug-likeness (QED) is 0.496. The normalized spacial score (nSPS) is 13.3. The number of rotatable bonds is 5. The lowest BCUT2D eigenvalue weighted by atomic mass is 10.1. The van der Waals surface area contributed by atoms with Crippen molar-refractivity contribution in [3.05, 3.63) is 0 Å². The topological polar surface area (TPSA) is 43.4 Å². The molecule has 0 fully saturated rings. The lowest BCUT2D eigenvalue weighted by molar-refractivity contribution is 0.182. The molecule has 0 amide bonds. The minimum atomic E-state index is -3.36. The van der Waals surface area contributed by atoms with Crippen molar-refractivity contribution in [1.82, 2.24) is 0 Å². The molecular weight excluding hydrogens is 183 g/mol. The molecule has 12 heavy (non-hydrogen) atoms. The molecule has 0 rings (SSSR count). The van der Waals surface area contributed by atoms with Crippen LogP contribution in [0.2, 0.25) is 0 Å². The lowest BCUT2D eigenvalue weighted by Crippen LogP contribution is -2.13. The summed E-state index contributed by atoms with van der Waals surface area (Å²) in [7, 11) is -3.36. The second-order valence-electron chi connectivity index (χ2n) is 3.35. The Morgan fingerprint density at radius 3 is 2.25 bits per heavy atom. The van der Waals surface area contributed by atoms with Gasteiger partial charge in [0, 0.05) is 0 Å². The van der Waals surface area contributed by atoms with Gasteiger partial charge in [-0.1, -0.05) is 0 Å². The highest BCUT2D eigenvalue weighted by atomic mass is 32.2. The SMILES string of the molecule is CC(C)(F)CCCOS(C)(=O)=O. The van der Waals surface area contributed by atoms with E-state index in [2.05, 4.69) is 4.18 Å². The van der Waals surface area contributed by atoms with Crippen LogP contribution in [0.4, 0.5) is 4.39 Å². The first kappa shape index (κ1) is 11.8. The zero-order valence-electron chi connectivity index (χ0n) is 7.63. The highest BCUT2D eigenvalue weighted by Gasteiger charge is 2.14. The van der Waals surface area contributed by atoms with E-state index < -0.39 is 15.8 Å². The molecule has 0 spiro atoms. The summed E-state index contributed by atoms with van der Waals surface area (Å²) in [5.41, 5.74) is -1.25. The van der Waals surface area contributed by atoms with E-state index in [1.54, 1.807) is 0 Å². The van der Waals surface area contributed by atoms with E-state index in [0.29, 0.717) is 12.8 Å². The molecule has 3 nitrogen and oxygen atoms in total. The molecule has 0 aliphatic carbocycles. The Hall–Kier alpha value is -0.160. The van der Waals surface area contributed by atoms with Gasteiger partial charge in [0.2, 0.25) is 0 Å². The average Bonchev–Trinajstić information content (AvgIpc) is 1.76. The molecule has 0 bridgehead atoms. The molecular formula is C7H15FO3S. The van der Waals surface area contributed by atoms with E-state index in [-0.39, 0.29) is 6.61 Å². The third kappa shape index (κ3) is 9.84. The number of hydrogen-bond donors (Lipinski definition) is 0. The molecule has 0 aromatic heterocycles. The fraction of sp³-hybridized carbons (Fsp3) is 1.00. The number of hydrogen-bond acceptors (Lipinski definition) is 3. The molecule has 0 heterocycles. The first-order valence-electron chi connectivity index (χ1n) is 3.74. The summed E-state index contributed by atoms with van der Waals surface area (Å²) < 4.78 is 38.1. The zero-order chi connectivity index (χ0) is 9.83. The van der Waals surface area contributed by atoms with Crippen molar-refractivity contribution in [1.29, 1.82) is 0 Å². The van der Waals surface area contributed by atoms with Crippen molar-refractivity contribution in [3.8, 4) is 0 Å². The summed E-state index contributed by atoms with van der Waals surface area (Å²) in [6, 6.07) is 0. The fourth-order valence-electron chi connectivity index (χ4n) is 0.703. The van der Waals surface area contributed by atoms with Gasteiger partial charge in [-0.2, -0.15) is 8.42 Å². The Morgan fingerprint density at radius 1 is 1.42 bits per heavy atom. The van der Waals surface area contributed by atoms with Crippen LogP contribution in [0.1, 0.15) is 26.7 Å². The smallest absolute Gasteiger partial charge is 0.264 e. The van der Waals surface area contributed by atoms with Gasteiger partial charge in [-0.25, -0.2) is 4.39 Å². The van der Waals surface area contributed by atoms with E-state index in [0.717, 1.165) is 6.26 Å². The summed E-state index contributed by atoms with van der Waals surface area (Å²) in [5.74, 6) is 0. The first-order chi connectivity index (χ1) is 5.21. The Morgan fingerprint density at radius 2 is 1.92 bits per heavy atom. The highest BCUT2D eigenvalue weighted by molar-refractivity contribution is 7.85. The average molecular weight is 198 g/mol. The van der Waals surface area contributed by atoms with Gasteiger partial charge in [0.1, 0.15) is 5.67 Å². The third-order valence-electron chi connectivity index (χ3n) is 1.21. The summed E-state index contributed by atoms with van der Waals surface area (Å²) in [6.07, 6.45) is 1.70. The standard InChI is InChI=1S/C7H15FO3S/c1-7(2,8)5-4-6-11-12(3,9)10/h4-6H2,1-3H3. The Labute approximate surface area is 73.0 Å². The second kappa shape index (κ2) is 4.18. The minimum absolute atomic E-state index is 0.0617. The van der Waals surface area contributed by atoms with E-state index in [4.69, 9.17) is 0 Å². The van der Waals surface area contributed by atoms with Crippen molar-refractivity contribution < 1.29 is 17.0 Å². The van der Waals surface area contributed by atoms with Gasteiger partial charge in [-0.05, 0) is 26.7 Å². The van der Waals surface area contributed by atoms with Gasteiger partial charge in [0.25, 0.3) is 10.1 Å². The molecule has 74 valence electrons. The molecule has 0 aromatic carbocycles. The van der Waals surface area contributed by atoms with Gasteiger partial charge in [0.05, 0.1) is 12.9 Å². The van der Waals surface area contributed by atoms with Crippen molar-refractivity contribution in [3.63, 3.8) is 0 Å². The van der Waals surface area contributed by atoms with Crippen LogP contribution in [0.15, 0.2) is 0 Å². The van der Waals surface area contributed by atoms with Gasteiger partial charge in [0.15, 0.2) is 0 Å². The van der Waals surface area contributed by atoms with Crippen LogP contribution in [-0.4, -0.2) is 26.9 Å². The largest absolute Gasteiger partial charge is 0.270 e. The molecule has 0 aliphatic heterocycles. The molecule has 0 aliphatic rings. The van der Waals surface area contributed by atoms with Crippen LogP contribution in [0.3, 0.4) is 0 Å². The molecule has 0 saturated carbocycles. The van der Waals surface area contributed by atoms with Crippen LogP contribution in [0, 0.1) is 0 Å². The van der Waals surface area contributed by atoms with Gasteiger partial charge < -0.3 is 0 Å². The van der Waals surface area contributed by atoms with Gasteiger partial charge in [-0.3, -0.25) is 4.18 Å². The fourth-order valence-corrected chi connectivity index (χ4v) is 1.12. The number of halogens is 1. The molecule has 5 heteroatoms. The van der Waals surface area contributed by atoms with E-state index >= 15 is 0 Å². The van der Waals surface area contributed by atoms with Gasteiger partial charge >= 0.3 is 0 Å². The number of alkyl halides is 1. The summed E-state index contributed by atoms with van der Waals surface area (Å²) in [6.45, 7) is 2.97. The summed E-state index contributed by atoms with van der Waals surface area (Å²) in [4.78, 5) is 0. The minimum Gasteiger partial charge on any atom is -0.270 e. The highest BCUT2D eigenvalue weighted by Crippen LogP contribution is 2.15. The lowest BCUT2D eigenvalue weighted by Gasteiger charge is -2.12. The van der Waals surface area contributed by atoms with Gasteiger partial charge in [-0.15, -0.1) is 0 Å². The third-order valence-corrected chi connectivity index (χ3v) is 1.81. The maximum Gasteiger partial charge on any atom is 0.264 e. The maximum absolute atomic E-state index is 12.8. The van der Waals surface area contributed by atoms with Crippen LogP contribution in [-0.2, 0) is 14.3 Å². The summed E-state index contributed by atoms with van der Waals surface area (Å²) >= 11 is 0. The van der Waals surface area contributed by atoms with Crippen molar-refractivity contribution in [2.45, 2.75) is 32.4 Å². The monoisotopic (exact) mass is 198 g/mol.